The molecular weight excluding hydrogens is 280 g/mol. The van der Waals surface area contributed by atoms with Gasteiger partial charge in [-0.15, -0.1) is 0 Å². The Labute approximate surface area is 136 Å². The van der Waals surface area contributed by atoms with Crippen LogP contribution < -0.4 is 0 Å². The van der Waals surface area contributed by atoms with Crippen LogP contribution in [-0.4, -0.2) is 5.78 Å². The van der Waals surface area contributed by atoms with E-state index in [-0.39, 0.29) is 17.6 Å². The first-order valence-corrected chi connectivity index (χ1v) is 8.01. The van der Waals surface area contributed by atoms with Gasteiger partial charge in [0.2, 0.25) is 0 Å². The highest BCUT2D eigenvalue weighted by Gasteiger charge is 2.41. The van der Waals surface area contributed by atoms with Crippen molar-refractivity contribution in [3.63, 3.8) is 0 Å². The summed E-state index contributed by atoms with van der Waals surface area (Å²) in [5, 5.41) is 0. The van der Waals surface area contributed by atoms with Crippen molar-refractivity contribution in [1.29, 1.82) is 0 Å². The number of ketones is 1. The van der Waals surface area contributed by atoms with Crippen molar-refractivity contribution in [3.05, 3.63) is 107 Å². The topological polar surface area (TPSA) is 17.1 Å². The van der Waals surface area contributed by atoms with Crippen LogP contribution in [-0.2, 0) is 0 Å². The van der Waals surface area contributed by atoms with Crippen LogP contribution in [0.4, 0.5) is 0 Å². The summed E-state index contributed by atoms with van der Waals surface area (Å²) in [5.41, 5.74) is 5.55. The summed E-state index contributed by atoms with van der Waals surface area (Å²) in [6.45, 7) is 2.09. The van der Waals surface area contributed by atoms with E-state index in [0.29, 0.717) is 0 Å². The predicted octanol–water partition coefficient (Wildman–Crippen LogP) is 5.11. The second-order valence-corrected chi connectivity index (χ2v) is 6.17. The van der Waals surface area contributed by atoms with Gasteiger partial charge in [-0.1, -0.05) is 78.9 Å². The number of carbonyl (C=O) groups excluding carboxylic acids is 1. The van der Waals surface area contributed by atoms with Gasteiger partial charge in [0.25, 0.3) is 0 Å². The lowest BCUT2D eigenvalue weighted by molar-refractivity contribution is 0.0968. The zero-order valence-corrected chi connectivity index (χ0v) is 13.1. The molecule has 0 amide bonds. The van der Waals surface area contributed by atoms with Crippen molar-refractivity contribution in [2.24, 2.45) is 0 Å². The zero-order valence-electron chi connectivity index (χ0n) is 13.1. The second kappa shape index (κ2) is 5.51. The molecule has 3 aromatic carbocycles. The molecule has 0 saturated carbocycles. The largest absolute Gasteiger partial charge is 0.293 e. The summed E-state index contributed by atoms with van der Waals surface area (Å²) in [7, 11) is 0. The lowest BCUT2D eigenvalue weighted by atomic mass is 9.80. The van der Waals surface area contributed by atoms with Gasteiger partial charge in [-0.05, 0) is 29.2 Å². The van der Waals surface area contributed by atoms with E-state index < -0.39 is 0 Å². The standard InChI is InChI=1S/C22H18O/c1-15-9-5-6-12-17(15)21-20(16-10-3-2-4-11-16)18-13-7-8-14-19(18)22(21)23/h2-14,20-21H,1H3/t20-,21+/m0/s1. The number of Topliss-reactive ketones (excluding diaryl/α,β-unsaturated/α-hetero) is 1. The molecule has 23 heavy (non-hydrogen) atoms. The molecule has 1 nitrogen and oxygen atoms in total. The highest BCUT2D eigenvalue weighted by atomic mass is 16.1. The molecule has 0 heterocycles. The minimum absolute atomic E-state index is 0.0981. The molecule has 0 aliphatic heterocycles. The molecule has 1 aliphatic carbocycles. The maximum Gasteiger partial charge on any atom is 0.171 e. The smallest absolute Gasteiger partial charge is 0.171 e. The molecule has 1 aliphatic rings. The van der Waals surface area contributed by atoms with E-state index >= 15 is 0 Å². The molecule has 0 radical (unpaired) electrons. The van der Waals surface area contributed by atoms with Gasteiger partial charge < -0.3 is 0 Å². The fraction of sp³-hybridized carbons (Fsp3) is 0.136. The van der Waals surface area contributed by atoms with E-state index in [1.54, 1.807) is 0 Å². The molecule has 1 heteroatoms. The normalized spacial score (nSPS) is 19.6. The second-order valence-electron chi connectivity index (χ2n) is 6.17. The van der Waals surface area contributed by atoms with Gasteiger partial charge >= 0.3 is 0 Å². The van der Waals surface area contributed by atoms with Crippen LogP contribution in [0.5, 0.6) is 0 Å². The van der Waals surface area contributed by atoms with Gasteiger partial charge in [0.1, 0.15) is 0 Å². The van der Waals surface area contributed by atoms with Crippen LogP contribution in [0.15, 0.2) is 78.9 Å². The highest BCUT2D eigenvalue weighted by Crippen LogP contribution is 2.48. The SMILES string of the molecule is Cc1ccccc1[C@H]1C(=O)c2ccccc2[C@@H]1c1ccccc1. The molecule has 0 N–H and O–H groups in total. The quantitative estimate of drug-likeness (QED) is 0.642. The fourth-order valence-electron chi connectivity index (χ4n) is 3.78. The molecule has 0 saturated heterocycles. The molecule has 112 valence electrons. The van der Waals surface area contributed by atoms with Crippen LogP contribution in [0.3, 0.4) is 0 Å². The molecule has 0 spiro atoms. The summed E-state index contributed by atoms with van der Waals surface area (Å²) >= 11 is 0. The Kier molecular flexibility index (Phi) is 3.34. The number of hydrogen-bond donors (Lipinski definition) is 0. The van der Waals surface area contributed by atoms with Gasteiger partial charge in [0, 0.05) is 11.5 Å². The van der Waals surface area contributed by atoms with Gasteiger partial charge in [-0.25, -0.2) is 0 Å². The molecule has 0 unspecified atom stereocenters. The average Bonchev–Trinajstić information content (AvgIpc) is 2.89. The van der Waals surface area contributed by atoms with E-state index in [2.05, 4.69) is 49.4 Å². The van der Waals surface area contributed by atoms with Crippen molar-refractivity contribution < 1.29 is 4.79 Å². The number of benzene rings is 3. The minimum atomic E-state index is -0.129. The molecule has 0 fully saturated rings. The summed E-state index contributed by atoms with van der Waals surface area (Å²) in [5.74, 6) is 0.209. The van der Waals surface area contributed by atoms with Crippen LogP contribution >= 0.6 is 0 Å². The monoisotopic (exact) mass is 298 g/mol. The highest BCUT2D eigenvalue weighted by molar-refractivity contribution is 6.07. The van der Waals surface area contributed by atoms with E-state index in [4.69, 9.17) is 0 Å². The molecule has 0 aromatic heterocycles. The minimum Gasteiger partial charge on any atom is -0.293 e. The van der Waals surface area contributed by atoms with E-state index in [0.717, 1.165) is 16.7 Å². The number of hydrogen-bond acceptors (Lipinski definition) is 1. The van der Waals surface area contributed by atoms with Gasteiger partial charge in [0.05, 0.1) is 5.92 Å². The Bertz CT molecular complexity index is 864. The Morgan fingerprint density at radius 3 is 2.00 bits per heavy atom. The van der Waals surface area contributed by atoms with E-state index in [1.165, 1.54) is 11.1 Å². The lowest BCUT2D eigenvalue weighted by Crippen LogP contribution is -2.14. The maximum absolute atomic E-state index is 13.1. The van der Waals surface area contributed by atoms with Crippen molar-refractivity contribution in [3.8, 4) is 0 Å². The third-order valence-corrected chi connectivity index (χ3v) is 4.86. The number of fused-ring (bicyclic) bond motifs is 1. The fourth-order valence-corrected chi connectivity index (χ4v) is 3.78. The van der Waals surface area contributed by atoms with Crippen molar-refractivity contribution >= 4 is 5.78 Å². The zero-order chi connectivity index (χ0) is 15.8. The molecule has 4 rings (SSSR count). The van der Waals surface area contributed by atoms with Crippen LogP contribution in [0.2, 0.25) is 0 Å². The Morgan fingerprint density at radius 1 is 0.652 bits per heavy atom. The first-order chi connectivity index (χ1) is 11.3. The summed E-state index contributed by atoms with van der Waals surface area (Å²) < 4.78 is 0. The third kappa shape index (κ3) is 2.20. The first kappa shape index (κ1) is 14.0. The molecule has 0 bridgehead atoms. The maximum atomic E-state index is 13.1. The van der Waals surface area contributed by atoms with Crippen LogP contribution in [0, 0.1) is 6.92 Å². The predicted molar refractivity (Wildman–Crippen MR) is 93.0 cm³/mol. The number of rotatable bonds is 2. The van der Waals surface area contributed by atoms with Crippen LogP contribution in [0.1, 0.15) is 44.4 Å². The van der Waals surface area contributed by atoms with E-state index in [1.807, 2.05) is 36.4 Å². The molecule has 2 atom stereocenters. The molecule has 3 aromatic rings. The summed E-state index contributed by atoms with van der Waals surface area (Å²) in [6.07, 6.45) is 0. The first-order valence-electron chi connectivity index (χ1n) is 8.01. The van der Waals surface area contributed by atoms with Gasteiger partial charge in [-0.2, -0.15) is 0 Å². The third-order valence-electron chi connectivity index (χ3n) is 4.86. The molecular formula is C22H18O. The van der Waals surface area contributed by atoms with Crippen molar-refractivity contribution in [2.45, 2.75) is 18.8 Å². The van der Waals surface area contributed by atoms with Crippen LogP contribution in [0.25, 0.3) is 0 Å². The average molecular weight is 298 g/mol. The van der Waals surface area contributed by atoms with Crippen molar-refractivity contribution in [2.75, 3.05) is 0 Å². The lowest BCUT2D eigenvalue weighted by Gasteiger charge is -2.22. The van der Waals surface area contributed by atoms with Gasteiger partial charge in [0.15, 0.2) is 5.78 Å². The Morgan fingerprint density at radius 2 is 1.26 bits per heavy atom. The number of aryl methyl sites for hydroxylation is 1. The van der Waals surface area contributed by atoms with Crippen molar-refractivity contribution in [1.82, 2.24) is 0 Å². The summed E-state index contributed by atoms with van der Waals surface area (Å²) in [6, 6.07) is 26.7. The Hall–Kier alpha value is -2.67. The Balaban J connectivity index is 1.94. The summed E-state index contributed by atoms with van der Waals surface area (Å²) in [4.78, 5) is 13.1. The van der Waals surface area contributed by atoms with Gasteiger partial charge in [-0.3, -0.25) is 4.79 Å². The van der Waals surface area contributed by atoms with E-state index in [9.17, 15) is 4.79 Å². The number of carbonyl (C=O) groups is 1.